The number of piperidine rings is 1. The second-order valence-electron chi connectivity index (χ2n) is 5.68. The van der Waals surface area contributed by atoms with Gasteiger partial charge in [-0.1, -0.05) is 11.6 Å². The molecule has 0 saturated carbocycles. The molecule has 0 radical (unpaired) electrons. The summed E-state index contributed by atoms with van der Waals surface area (Å²) < 4.78 is 0. The first-order valence-electron chi connectivity index (χ1n) is 7.57. The molecule has 0 unspecified atom stereocenters. The molecule has 3 heterocycles. The lowest BCUT2D eigenvalue weighted by atomic mass is 10.0. The zero-order valence-electron chi connectivity index (χ0n) is 12.7. The molecule has 0 spiro atoms. The van der Waals surface area contributed by atoms with Gasteiger partial charge in [-0.25, -0.2) is 9.97 Å². The smallest absolute Gasteiger partial charge is 0.223 e. The molecule has 1 aliphatic heterocycles. The van der Waals surface area contributed by atoms with Gasteiger partial charge in [0.1, 0.15) is 0 Å². The Morgan fingerprint density at radius 3 is 2.82 bits per heavy atom. The van der Waals surface area contributed by atoms with Gasteiger partial charge >= 0.3 is 0 Å². The average Bonchev–Trinajstić information content (AvgIpc) is 2.52. The minimum atomic E-state index is 0.436. The van der Waals surface area contributed by atoms with Crippen molar-refractivity contribution in [2.45, 2.75) is 32.4 Å². The average molecular weight is 318 g/mol. The second-order valence-corrected chi connectivity index (χ2v) is 6.09. The summed E-state index contributed by atoms with van der Waals surface area (Å²) in [6.07, 6.45) is 7.47. The number of nitrogens with zero attached hydrogens (tertiary/aromatic N) is 4. The highest BCUT2D eigenvalue weighted by atomic mass is 35.5. The maximum absolute atomic E-state index is 6.18. The van der Waals surface area contributed by atoms with E-state index >= 15 is 0 Å². The van der Waals surface area contributed by atoms with Crippen LogP contribution in [0.2, 0.25) is 5.02 Å². The first-order chi connectivity index (χ1) is 10.7. The highest BCUT2D eigenvalue weighted by Gasteiger charge is 2.20. The molecular formula is C16H20ClN5. The van der Waals surface area contributed by atoms with Crippen LogP contribution in [0.15, 0.2) is 30.7 Å². The van der Waals surface area contributed by atoms with E-state index in [0.29, 0.717) is 6.04 Å². The van der Waals surface area contributed by atoms with Gasteiger partial charge in [0.15, 0.2) is 0 Å². The van der Waals surface area contributed by atoms with E-state index in [1.165, 1.54) is 0 Å². The lowest BCUT2D eigenvalue weighted by Gasteiger charge is -2.32. The molecular weight excluding hydrogens is 298 g/mol. The van der Waals surface area contributed by atoms with Gasteiger partial charge < -0.3 is 5.32 Å². The number of aromatic nitrogens is 3. The first-order valence-corrected chi connectivity index (χ1v) is 7.95. The molecule has 22 heavy (non-hydrogen) atoms. The van der Waals surface area contributed by atoms with Gasteiger partial charge in [0.05, 0.1) is 5.02 Å². The fourth-order valence-corrected chi connectivity index (χ4v) is 2.89. The number of rotatable bonds is 4. The van der Waals surface area contributed by atoms with Gasteiger partial charge in [-0.3, -0.25) is 9.88 Å². The first kappa shape index (κ1) is 15.2. The van der Waals surface area contributed by atoms with Crippen LogP contribution in [0.5, 0.6) is 0 Å². The minimum absolute atomic E-state index is 0.436. The van der Waals surface area contributed by atoms with Crippen LogP contribution < -0.4 is 5.32 Å². The van der Waals surface area contributed by atoms with Crippen molar-refractivity contribution in [1.82, 2.24) is 19.9 Å². The summed E-state index contributed by atoms with van der Waals surface area (Å²) in [6, 6.07) is 4.34. The molecule has 1 saturated heterocycles. The number of anilines is 1. The Morgan fingerprint density at radius 1 is 1.27 bits per heavy atom. The van der Waals surface area contributed by atoms with E-state index in [9.17, 15) is 0 Å². The maximum Gasteiger partial charge on any atom is 0.223 e. The fourth-order valence-electron chi connectivity index (χ4n) is 2.71. The summed E-state index contributed by atoms with van der Waals surface area (Å²) in [5, 5.41) is 4.18. The molecule has 5 nitrogen and oxygen atoms in total. The number of pyridine rings is 1. The molecule has 0 aliphatic carbocycles. The topological polar surface area (TPSA) is 53.9 Å². The summed E-state index contributed by atoms with van der Waals surface area (Å²) in [4.78, 5) is 15.1. The Labute approximate surface area is 135 Å². The Hall–Kier alpha value is -1.72. The standard InChI is InChI=1S/C16H20ClN5/c1-12-2-7-19-16(20-12)21-14-4-8-22(9-5-14)11-13-3-6-18-10-15(13)17/h2-3,6-7,10,14H,4-5,8-9,11H2,1H3,(H,19,20,21). The number of nitrogens with one attached hydrogen (secondary N) is 1. The van der Waals surface area contributed by atoms with Crippen molar-refractivity contribution in [1.29, 1.82) is 0 Å². The quantitative estimate of drug-likeness (QED) is 0.939. The summed E-state index contributed by atoms with van der Waals surface area (Å²) >= 11 is 6.18. The normalized spacial score (nSPS) is 16.6. The van der Waals surface area contributed by atoms with Crippen LogP contribution in [0.25, 0.3) is 0 Å². The highest BCUT2D eigenvalue weighted by Crippen LogP contribution is 2.20. The Balaban J connectivity index is 1.51. The summed E-state index contributed by atoms with van der Waals surface area (Å²) in [5.74, 6) is 0.732. The van der Waals surface area contributed by atoms with Gasteiger partial charge in [-0.05, 0) is 37.5 Å². The molecule has 1 aliphatic rings. The summed E-state index contributed by atoms with van der Waals surface area (Å²) in [6.45, 7) is 4.95. The SMILES string of the molecule is Cc1ccnc(NC2CCN(Cc3ccncc3Cl)CC2)n1. The molecule has 1 fully saturated rings. The molecule has 0 atom stereocenters. The van der Waals surface area contributed by atoms with E-state index in [1.54, 1.807) is 18.6 Å². The van der Waals surface area contributed by atoms with Gasteiger partial charge in [0, 0.05) is 50.0 Å². The molecule has 3 rings (SSSR count). The van der Waals surface area contributed by atoms with Crippen molar-refractivity contribution in [2.24, 2.45) is 0 Å². The van der Waals surface area contributed by atoms with Crippen molar-refractivity contribution < 1.29 is 0 Å². The van der Waals surface area contributed by atoms with Crippen molar-refractivity contribution in [3.8, 4) is 0 Å². The number of hydrogen-bond donors (Lipinski definition) is 1. The molecule has 2 aromatic rings. The van der Waals surface area contributed by atoms with E-state index in [2.05, 4.69) is 25.2 Å². The Bertz CT molecular complexity index is 625. The van der Waals surface area contributed by atoms with E-state index in [-0.39, 0.29) is 0 Å². The predicted molar refractivity (Wildman–Crippen MR) is 87.9 cm³/mol. The molecule has 1 N–H and O–H groups in total. The highest BCUT2D eigenvalue weighted by molar-refractivity contribution is 6.31. The van der Waals surface area contributed by atoms with Gasteiger partial charge in [-0.2, -0.15) is 0 Å². The van der Waals surface area contributed by atoms with Gasteiger partial charge in [0.25, 0.3) is 0 Å². The molecule has 2 aromatic heterocycles. The third kappa shape index (κ3) is 3.93. The monoisotopic (exact) mass is 317 g/mol. The third-order valence-electron chi connectivity index (χ3n) is 3.97. The van der Waals surface area contributed by atoms with E-state index in [0.717, 1.165) is 54.7 Å². The number of hydrogen-bond acceptors (Lipinski definition) is 5. The number of likely N-dealkylation sites (tertiary alicyclic amines) is 1. The molecule has 0 aromatic carbocycles. The zero-order chi connectivity index (χ0) is 15.4. The molecule has 0 bridgehead atoms. The lowest BCUT2D eigenvalue weighted by Crippen LogP contribution is -2.39. The third-order valence-corrected chi connectivity index (χ3v) is 4.31. The van der Waals surface area contributed by atoms with Crippen LogP contribution in [-0.2, 0) is 6.54 Å². The summed E-state index contributed by atoms with van der Waals surface area (Å²) in [5.41, 5.74) is 2.13. The van der Waals surface area contributed by atoms with Crippen molar-refractivity contribution in [3.63, 3.8) is 0 Å². The zero-order valence-corrected chi connectivity index (χ0v) is 13.4. The van der Waals surface area contributed by atoms with E-state index in [4.69, 9.17) is 11.6 Å². The minimum Gasteiger partial charge on any atom is -0.351 e. The van der Waals surface area contributed by atoms with Crippen LogP contribution in [0.4, 0.5) is 5.95 Å². The van der Waals surface area contributed by atoms with Crippen molar-refractivity contribution >= 4 is 17.5 Å². The van der Waals surface area contributed by atoms with Crippen LogP contribution >= 0.6 is 11.6 Å². The van der Waals surface area contributed by atoms with E-state index in [1.807, 2.05) is 19.1 Å². The van der Waals surface area contributed by atoms with E-state index < -0.39 is 0 Å². The number of halogens is 1. The number of aryl methyl sites for hydroxylation is 1. The summed E-state index contributed by atoms with van der Waals surface area (Å²) in [7, 11) is 0. The molecule has 0 amide bonds. The molecule has 6 heteroatoms. The van der Waals surface area contributed by atoms with Crippen LogP contribution in [0.3, 0.4) is 0 Å². The predicted octanol–water partition coefficient (Wildman–Crippen LogP) is 2.91. The van der Waals surface area contributed by atoms with Gasteiger partial charge in [-0.15, -0.1) is 0 Å². The fraction of sp³-hybridized carbons (Fsp3) is 0.438. The van der Waals surface area contributed by atoms with Gasteiger partial charge in [0.2, 0.25) is 5.95 Å². The molecule has 116 valence electrons. The van der Waals surface area contributed by atoms with Crippen LogP contribution in [-0.4, -0.2) is 39.0 Å². The van der Waals surface area contributed by atoms with Crippen molar-refractivity contribution in [2.75, 3.05) is 18.4 Å². The largest absolute Gasteiger partial charge is 0.351 e. The van der Waals surface area contributed by atoms with Crippen molar-refractivity contribution in [3.05, 3.63) is 47.0 Å². The van der Waals surface area contributed by atoms with Crippen LogP contribution in [0.1, 0.15) is 24.1 Å². The Morgan fingerprint density at radius 2 is 2.09 bits per heavy atom. The Kier molecular flexibility index (Phi) is 4.85. The second kappa shape index (κ2) is 7.03. The lowest BCUT2D eigenvalue weighted by molar-refractivity contribution is 0.211. The van der Waals surface area contributed by atoms with Crippen LogP contribution in [0, 0.1) is 6.92 Å². The maximum atomic E-state index is 6.18.